The lowest BCUT2D eigenvalue weighted by Crippen LogP contribution is -2.45. The summed E-state index contributed by atoms with van der Waals surface area (Å²) >= 11 is 0. The minimum Gasteiger partial charge on any atom is -0.487 e. The van der Waals surface area contributed by atoms with E-state index in [1.807, 2.05) is 38.1 Å². The van der Waals surface area contributed by atoms with Crippen molar-refractivity contribution in [3.05, 3.63) is 41.0 Å². The number of Topliss-reactive ketones (excluding diaryl/α,β-unsaturated/α-hetero) is 1. The number of carbonyl (C=O) groups excluding carboxylic acids is 1. The van der Waals surface area contributed by atoms with Crippen LogP contribution in [0.25, 0.3) is 5.76 Å². The molecule has 128 valence electrons. The number of ketones is 1. The largest absolute Gasteiger partial charge is 0.487 e. The highest BCUT2D eigenvalue weighted by molar-refractivity contribution is 7.09. The summed E-state index contributed by atoms with van der Waals surface area (Å²) in [7, 11) is 2.20. The van der Waals surface area contributed by atoms with Gasteiger partial charge in [-0.3, -0.25) is 4.79 Å². The molecular weight excluding hydrogens is 327 g/mol. The van der Waals surface area contributed by atoms with Crippen molar-refractivity contribution in [1.82, 2.24) is 0 Å². The summed E-state index contributed by atoms with van der Waals surface area (Å²) in [4.78, 5) is 13.3. The molecule has 0 N–H and O–H groups in total. The lowest BCUT2D eigenvalue weighted by Gasteiger charge is -2.41. The molecule has 0 bridgehead atoms. The van der Waals surface area contributed by atoms with Crippen molar-refractivity contribution in [2.24, 2.45) is 0 Å². The van der Waals surface area contributed by atoms with E-state index in [0.717, 1.165) is 17.5 Å². The first kappa shape index (κ1) is 16.2. The average Bonchev–Trinajstić information content (AvgIpc) is 2.98. The summed E-state index contributed by atoms with van der Waals surface area (Å²) in [5, 5.41) is 0. The molecule has 2 aliphatic heterocycles. The summed E-state index contributed by atoms with van der Waals surface area (Å²) in [6.07, 6.45) is 1.17. The molecule has 3 unspecified atom stereocenters. The molecule has 0 aromatic heterocycles. The average molecular weight is 348 g/mol. The van der Waals surface area contributed by atoms with Crippen LogP contribution >= 0.6 is 9.47 Å². The lowest BCUT2D eigenvalue weighted by atomic mass is 9.79. The van der Waals surface area contributed by atoms with Gasteiger partial charge in [0.2, 0.25) is 5.78 Å². The Morgan fingerprint density at radius 3 is 2.92 bits per heavy atom. The van der Waals surface area contributed by atoms with E-state index < -0.39 is 5.79 Å². The molecule has 1 aromatic rings. The zero-order chi connectivity index (χ0) is 16.9. The van der Waals surface area contributed by atoms with Crippen molar-refractivity contribution in [3.8, 4) is 0 Å². The lowest BCUT2D eigenvalue weighted by molar-refractivity contribution is -0.189. The summed E-state index contributed by atoms with van der Waals surface area (Å²) in [6.45, 7) is 4.77. The molecular formula is C18H21O5P. The van der Waals surface area contributed by atoms with E-state index in [9.17, 15) is 4.79 Å². The van der Waals surface area contributed by atoms with E-state index in [0.29, 0.717) is 31.0 Å². The molecule has 3 atom stereocenters. The molecule has 1 saturated heterocycles. The Kier molecular flexibility index (Phi) is 3.81. The summed E-state index contributed by atoms with van der Waals surface area (Å²) in [5.74, 6) is -0.831. The molecule has 0 amide bonds. The van der Waals surface area contributed by atoms with Crippen LogP contribution in [0, 0.1) is 0 Å². The fraction of sp³-hybridized carbons (Fsp3) is 0.500. The van der Waals surface area contributed by atoms with Gasteiger partial charge >= 0.3 is 0 Å². The number of carbonyl (C=O) groups is 1. The zero-order valence-corrected chi connectivity index (χ0v) is 15.0. The van der Waals surface area contributed by atoms with Crippen molar-refractivity contribution >= 4 is 21.0 Å². The van der Waals surface area contributed by atoms with Crippen molar-refractivity contribution < 1.29 is 23.5 Å². The second-order valence-corrected chi connectivity index (χ2v) is 7.38. The SMILES string of the molecule is CC1(C)CCC2=C(O1)c1ccccc1C1(OCC(COP)O1)C2=O. The number of fused-ring (bicyclic) bond motifs is 3. The third-order valence-corrected chi connectivity index (χ3v) is 5.01. The van der Waals surface area contributed by atoms with Crippen molar-refractivity contribution in [2.75, 3.05) is 13.2 Å². The van der Waals surface area contributed by atoms with Gasteiger partial charge in [-0.2, -0.15) is 0 Å². The first-order chi connectivity index (χ1) is 11.5. The number of hydrogen-bond acceptors (Lipinski definition) is 5. The van der Waals surface area contributed by atoms with Gasteiger partial charge in [-0.15, -0.1) is 0 Å². The Bertz CT molecular complexity index is 726. The van der Waals surface area contributed by atoms with Crippen LogP contribution in [0.3, 0.4) is 0 Å². The van der Waals surface area contributed by atoms with Gasteiger partial charge in [-0.25, -0.2) is 0 Å². The number of benzene rings is 1. The maximum absolute atomic E-state index is 13.3. The number of ether oxygens (including phenoxy) is 3. The predicted molar refractivity (Wildman–Crippen MR) is 90.9 cm³/mol. The smallest absolute Gasteiger partial charge is 0.262 e. The van der Waals surface area contributed by atoms with Gasteiger partial charge in [0.15, 0.2) is 0 Å². The topological polar surface area (TPSA) is 54.0 Å². The van der Waals surface area contributed by atoms with Gasteiger partial charge in [0.1, 0.15) is 17.5 Å². The van der Waals surface area contributed by atoms with E-state index in [-0.39, 0.29) is 17.5 Å². The minimum absolute atomic E-state index is 0.141. The highest BCUT2D eigenvalue weighted by atomic mass is 31.0. The normalized spacial score (nSPS) is 31.0. The zero-order valence-electron chi connectivity index (χ0n) is 13.8. The standard InChI is InChI=1S/C18H21O5P/c1-17(2)8-7-13-15(23-17)12-5-3-4-6-14(12)18(16(13)19)20-9-11(22-18)10-21-24/h3-6,11H,7-10,24H2,1-2H3. The van der Waals surface area contributed by atoms with Crippen LogP contribution in [-0.4, -0.2) is 30.7 Å². The van der Waals surface area contributed by atoms with Gasteiger partial charge in [0.25, 0.3) is 5.79 Å². The fourth-order valence-electron chi connectivity index (χ4n) is 3.61. The molecule has 5 nitrogen and oxygen atoms in total. The predicted octanol–water partition coefficient (Wildman–Crippen LogP) is 2.94. The molecule has 0 radical (unpaired) electrons. The van der Waals surface area contributed by atoms with E-state index >= 15 is 0 Å². The van der Waals surface area contributed by atoms with Gasteiger partial charge in [-0.1, -0.05) is 24.3 Å². The van der Waals surface area contributed by atoms with Gasteiger partial charge < -0.3 is 18.7 Å². The molecule has 1 aromatic carbocycles. The monoisotopic (exact) mass is 348 g/mol. The molecule has 4 rings (SSSR count). The minimum atomic E-state index is -1.37. The van der Waals surface area contributed by atoms with Gasteiger partial charge in [0.05, 0.1) is 13.2 Å². The second-order valence-electron chi connectivity index (χ2n) is 7.04. The highest BCUT2D eigenvalue weighted by Crippen LogP contribution is 2.50. The Morgan fingerprint density at radius 1 is 1.33 bits per heavy atom. The fourth-order valence-corrected chi connectivity index (χ4v) is 3.83. The first-order valence-corrected chi connectivity index (χ1v) is 8.64. The van der Waals surface area contributed by atoms with Crippen molar-refractivity contribution in [2.45, 2.75) is 44.2 Å². The van der Waals surface area contributed by atoms with Gasteiger partial charge in [0, 0.05) is 26.2 Å². The Morgan fingerprint density at radius 2 is 2.12 bits per heavy atom. The summed E-state index contributed by atoms with van der Waals surface area (Å²) < 4.78 is 23.3. The summed E-state index contributed by atoms with van der Waals surface area (Å²) in [6, 6.07) is 7.67. The van der Waals surface area contributed by atoms with E-state index in [2.05, 4.69) is 9.47 Å². The molecule has 0 saturated carbocycles. The maximum Gasteiger partial charge on any atom is 0.262 e. The molecule has 1 spiro atoms. The Balaban J connectivity index is 1.83. The Labute approximate surface area is 143 Å². The molecule has 1 fully saturated rings. The van der Waals surface area contributed by atoms with Crippen LogP contribution in [0.5, 0.6) is 0 Å². The quantitative estimate of drug-likeness (QED) is 0.769. The first-order valence-electron chi connectivity index (χ1n) is 8.17. The van der Waals surface area contributed by atoms with Crippen molar-refractivity contribution in [1.29, 1.82) is 0 Å². The number of hydrogen-bond donors (Lipinski definition) is 0. The third kappa shape index (κ3) is 2.34. The van der Waals surface area contributed by atoms with Crippen LogP contribution in [0.2, 0.25) is 0 Å². The van der Waals surface area contributed by atoms with E-state index in [1.54, 1.807) is 0 Å². The van der Waals surface area contributed by atoms with Crippen LogP contribution in [0.4, 0.5) is 0 Å². The second kappa shape index (κ2) is 5.63. The molecule has 1 aliphatic carbocycles. The van der Waals surface area contributed by atoms with Crippen LogP contribution < -0.4 is 0 Å². The maximum atomic E-state index is 13.3. The van der Waals surface area contributed by atoms with E-state index in [1.165, 1.54) is 0 Å². The molecule has 24 heavy (non-hydrogen) atoms. The van der Waals surface area contributed by atoms with Crippen molar-refractivity contribution in [3.63, 3.8) is 0 Å². The van der Waals surface area contributed by atoms with Crippen LogP contribution in [0.1, 0.15) is 37.8 Å². The molecule has 6 heteroatoms. The van der Waals surface area contributed by atoms with Crippen LogP contribution in [-0.2, 0) is 29.3 Å². The summed E-state index contributed by atoms with van der Waals surface area (Å²) in [5.41, 5.74) is 1.98. The molecule has 3 aliphatic rings. The number of rotatable bonds is 2. The van der Waals surface area contributed by atoms with E-state index in [4.69, 9.17) is 18.7 Å². The molecule has 2 heterocycles. The Hall–Kier alpha value is -1.26. The highest BCUT2D eigenvalue weighted by Gasteiger charge is 2.56. The van der Waals surface area contributed by atoms with Gasteiger partial charge in [-0.05, 0) is 26.7 Å². The van der Waals surface area contributed by atoms with Crippen LogP contribution in [0.15, 0.2) is 29.8 Å². The third-order valence-electron chi connectivity index (χ3n) is 4.82.